The van der Waals surface area contributed by atoms with E-state index in [-0.39, 0.29) is 0 Å². The second kappa shape index (κ2) is 14.8. The molecule has 0 radical (unpaired) electrons. The first-order chi connectivity index (χ1) is 19.6. The van der Waals surface area contributed by atoms with E-state index in [0.717, 1.165) is 35.2 Å². The van der Waals surface area contributed by atoms with E-state index in [1.807, 2.05) is 24.3 Å². The Morgan fingerprint density at radius 3 is 1.21 bits per heavy atom. The lowest BCUT2D eigenvalue weighted by atomic mass is 10.1. The molecule has 0 spiro atoms. The molecule has 0 atom stereocenters. The number of nitrogens with zero attached hydrogens (tertiary/aromatic N) is 2. The lowest BCUT2D eigenvalue weighted by Crippen LogP contribution is -2.37. The third-order valence-electron chi connectivity index (χ3n) is 5.93. The number of anilines is 2. The molecule has 4 N–H and O–H groups in total. The summed E-state index contributed by atoms with van der Waals surface area (Å²) in [7, 11) is 0. The van der Waals surface area contributed by atoms with Gasteiger partial charge in [-0.3, -0.25) is 0 Å². The monoisotopic (exact) mass is 598 g/mol. The van der Waals surface area contributed by atoms with Crippen LogP contribution in [-0.2, 0) is 22.7 Å². The Bertz CT molecular complexity index is 1400. The third-order valence-corrected chi connectivity index (χ3v) is 5.93. The van der Waals surface area contributed by atoms with Crippen LogP contribution < -0.4 is 30.8 Å². The maximum absolute atomic E-state index is 10.5. The summed E-state index contributed by atoms with van der Waals surface area (Å²) in [4.78, 5) is 17.6. The molecule has 2 heterocycles. The Hall–Kier alpha value is -4.62. The molecule has 4 rings (SSSR count). The van der Waals surface area contributed by atoms with Gasteiger partial charge in [-0.25, -0.2) is 0 Å². The zero-order valence-corrected chi connectivity index (χ0v) is 22.1. The van der Waals surface area contributed by atoms with Crippen LogP contribution in [0.5, 0.6) is 0 Å². The lowest BCUT2D eigenvalue weighted by molar-refractivity contribution is -0.673. The van der Waals surface area contributed by atoms with Crippen LogP contribution >= 0.6 is 0 Å². The minimum atomic E-state index is -5.19. The van der Waals surface area contributed by atoms with Crippen LogP contribution in [0, 0.1) is 0 Å². The molecule has 0 aliphatic carbocycles. The lowest BCUT2D eigenvalue weighted by Gasteiger charge is -2.05. The zero-order chi connectivity index (χ0) is 31.5. The van der Waals surface area contributed by atoms with E-state index in [1.165, 1.54) is 36.7 Å². The Balaban J connectivity index is 0.000000367. The van der Waals surface area contributed by atoms with Crippen LogP contribution in [0.3, 0.4) is 0 Å². The number of aromatic nitrogens is 2. The second-order valence-corrected chi connectivity index (χ2v) is 8.95. The van der Waals surface area contributed by atoms with Gasteiger partial charge in [-0.1, -0.05) is 24.3 Å². The number of carboxylic acid groups (broad SMARTS) is 2. The summed E-state index contributed by atoms with van der Waals surface area (Å²) in [6.07, 6.45) is -1.39. The quantitative estimate of drug-likeness (QED) is 0.191. The summed E-state index contributed by atoms with van der Waals surface area (Å²) in [5, 5.41) is 19.8. The topological polar surface area (TPSA) is 140 Å². The van der Waals surface area contributed by atoms with E-state index in [0.29, 0.717) is 0 Å². The number of aryl methyl sites for hydroxylation is 2. The summed E-state index contributed by atoms with van der Waals surface area (Å²) < 4.78 is 67.7. The van der Waals surface area contributed by atoms with Gasteiger partial charge in [-0.15, -0.1) is 0 Å². The molecule has 8 nitrogen and oxygen atoms in total. The van der Waals surface area contributed by atoms with E-state index >= 15 is 0 Å². The van der Waals surface area contributed by atoms with Crippen molar-refractivity contribution in [2.75, 3.05) is 11.5 Å². The molecule has 0 fully saturated rings. The van der Waals surface area contributed by atoms with Crippen molar-refractivity contribution in [1.82, 2.24) is 0 Å². The highest BCUT2D eigenvalue weighted by Crippen LogP contribution is 2.18. The Labute approximate surface area is 236 Å². The highest BCUT2D eigenvalue weighted by Gasteiger charge is 2.29. The fourth-order valence-electron chi connectivity index (χ4n) is 3.92. The number of unbranched alkanes of at least 4 members (excludes halogenated alkanes) is 3. The van der Waals surface area contributed by atoms with Gasteiger partial charge in [0, 0.05) is 37.1 Å². The average molecular weight is 599 g/mol. The van der Waals surface area contributed by atoms with Crippen molar-refractivity contribution in [1.29, 1.82) is 0 Å². The number of nitrogens with two attached hydrogens (primary N) is 2. The van der Waals surface area contributed by atoms with Gasteiger partial charge in [0.25, 0.3) is 0 Å². The predicted molar refractivity (Wildman–Crippen MR) is 138 cm³/mol. The number of benzene rings is 2. The van der Waals surface area contributed by atoms with Gasteiger partial charge in [-0.05, 0) is 25.0 Å². The first-order valence-corrected chi connectivity index (χ1v) is 12.5. The smallest absolute Gasteiger partial charge is 0.430 e. The Kier molecular flexibility index (Phi) is 11.9. The van der Waals surface area contributed by atoms with Gasteiger partial charge in [0.2, 0.25) is 11.0 Å². The number of fused-ring (bicyclic) bond motifs is 2. The SMILES string of the molecule is Nc1cc[n+](CCCCCC[n+]2ccc(N)c3ccccc32)c2ccccc12.O=C([O-])C(F)(F)F.O=C([O-])C(F)(F)F. The van der Waals surface area contributed by atoms with E-state index in [1.54, 1.807) is 0 Å². The number of halogens is 6. The molecule has 4 aromatic rings. The standard InChI is InChI=1S/C24H26N4.2C2HF3O2/c25-21-13-17-27(23-11-5-3-9-19(21)23)15-7-1-2-8-16-28-18-14-22(26)20-10-4-6-12-24(20)28;2*3-2(4,5)1(6)7/h3-6,9-14,17-18,25-26H,1-2,7-8,15-16H2;2*(H,6,7). The van der Waals surface area contributed by atoms with Crippen LogP contribution in [0.15, 0.2) is 73.1 Å². The normalized spacial score (nSPS) is 11.3. The van der Waals surface area contributed by atoms with Crippen LogP contribution in [0.1, 0.15) is 25.7 Å². The number of hydrogen-bond acceptors (Lipinski definition) is 6. The molecule has 226 valence electrons. The summed E-state index contributed by atoms with van der Waals surface area (Å²) in [5.74, 6) is -6.01. The van der Waals surface area contributed by atoms with Crippen molar-refractivity contribution in [3.63, 3.8) is 0 Å². The summed E-state index contributed by atoms with van der Waals surface area (Å²) in [5.41, 5.74) is 16.3. The van der Waals surface area contributed by atoms with Crippen molar-refractivity contribution in [3.05, 3.63) is 73.1 Å². The molecule has 2 aromatic carbocycles. The molecule has 0 bridgehead atoms. The number of carbonyl (C=O) groups is 2. The maximum Gasteiger partial charge on any atom is 0.430 e. The van der Waals surface area contributed by atoms with E-state index < -0.39 is 24.3 Å². The molecule has 0 unspecified atom stereocenters. The first kappa shape index (κ1) is 33.6. The van der Waals surface area contributed by atoms with Crippen LogP contribution in [0.2, 0.25) is 0 Å². The van der Waals surface area contributed by atoms with Gasteiger partial charge >= 0.3 is 12.4 Å². The maximum atomic E-state index is 10.5. The highest BCUT2D eigenvalue weighted by atomic mass is 19.4. The van der Waals surface area contributed by atoms with Gasteiger partial charge in [0.05, 0.1) is 22.1 Å². The van der Waals surface area contributed by atoms with Gasteiger partial charge in [0.15, 0.2) is 12.4 Å². The Morgan fingerprint density at radius 2 is 0.905 bits per heavy atom. The van der Waals surface area contributed by atoms with Crippen molar-refractivity contribution >= 4 is 45.1 Å². The van der Waals surface area contributed by atoms with Crippen molar-refractivity contribution in [2.45, 2.75) is 51.1 Å². The van der Waals surface area contributed by atoms with Gasteiger partial charge in [0.1, 0.15) is 25.0 Å². The molecule has 42 heavy (non-hydrogen) atoms. The number of carbonyl (C=O) groups excluding carboxylic acids is 2. The molecular weight excluding hydrogens is 570 g/mol. The number of nitrogen functional groups attached to an aromatic ring is 2. The highest BCUT2D eigenvalue weighted by molar-refractivity contribution is 5.88. The van der Waals surface area contributed by atoms with Gasteiger partial charge in [-0.2, -0.15) is 35.5 Å². The average Bonchev–Trinajstić information content (AvgIpc) is 2.93. The van der Waals surface area contributed by atoms with Crippen molar-refractivity contribution in [2.24, 2.45) is 0 Å². The third kappa shape index (κ3) is 10.1. The molecule has 0 aliphatic heterocycles. The number of carboxylic acids is 2. The van der Waals surface area contributed by atoms with Crippen molar-refractivity contribution < 1.29 is 55.3 Å². The minimum Gasteiger partial charge on any atom is -0.542 e. The van der Waals surface area contributed by atoms with E-state index in [2.05, 4.69) is 57.9 Å². The Morgan fingerprint density at radius 1 is 0.595 bits per heavy atom. The fourth-order valence-corrected chi connectivity index (χ4v) is 3.92. The minimum absolute atomic E-state index is 0.847. The molecule has 0 aliphatic rings. The molecule has 14 heteroatoms. The number of rotatable bonds is 7. The number of alkyl halides is 6. The first-order valence-electron chi connectivity index (χ1n) is 12.5. The zero-order valence-electron chi connectivity index (χ0n) is 22.1. The summed E-state index contributed by atoms with van der Waals surface area (Å²) in [6.45, 7) is 2.05. The van der Waals surface area contributed by atoms with Crippen LogP contribution in [0.4, 0.5) is 37.7 Å². The van der Waals surface area contributed by atoms with Crippen LogP contribution in [0.25, 0.3) is 21.8 Å². The molecule has 0 saturated heterocycles. The fraction of sp³-hybridized carbons (Fsp3) is 0.286. The molecule has 0 amide bonds. The number of pyridine rings is 2. The molecular formula is C28H28F6N4O4. The number of para-hydroxylation sites is 2. The largest absolute Gasteiger partial charge is 0.542 e. The second-order valence-electron chi connectivity index (χ2n) is 8.95. The van der Waals surface area contributed by atoms with Crippen LogP contribution in [-0.4, -0.2) is 24.3 Å². The van der Waals surface area contributed by atoms with E-state index in [9.17, 15) is 26.3 Å². The number of aliphatic carboxylic acids is 2. The van der Waals surface area contributed by atoms with Gasteiger partial charge < -0.3 is 31.3 Å². The van der Waals surface area contributed by atoms with E-state index in [4.69, 9.17) is 31.3 Å². The number of hydrogen-bond donors (Lipinski definition) is 2. The molecule has 2 aromatic heterocycles. The summed E-state index contributed by atoms with van der Waals surface area (Å²) >= 11 is 0. The predicted octanol–water partition coefficient (Wildman–Crippen LogP) is 2.59. The molecule has 0 saturated carbocycles. The summed E-state index contributed by atoms with van der Waals surface area (Å²) in [6, 6.07) is 20.7. The van der Waals surface area contributed by atoms with Crippen molar-refractivity contribution in [3.8, 4) is 0 Å².